The number of hydrogen-bond donors (Lipinski definition) is 1. The number of carbonyl (C=O) groups excluding carboxylic acids is 1. The molecule has 0 radical (unpaired) electrons. The second-order valence-electron chi connectivity index (χ2n) is 5.78. The molecule has 1 aromatic carbocycles. The van der Waals surface area contributed by atoms with Gasteiger partial charge in [0, 0.05) is 0 Å². The highest BCUT2D eigenvalue weighted by atomic mass is 16.5. The molecule has 1 rings (SSSR count). The molecule has 0 spiro atoms. The summed E-state index contributed by atoms with van der Waals surface area (Å²) in [6.07, 6.45) is 3.08. The number of aliphatic hydroxyl groups is 1. The van der Waals surface area contributed by atoms with Gasteiger partial charge in [0.1, 0.15) is 5.60 Å². The monoisotopic (exact) mass is 262 g/mol. The molecule has 3 nitrogen and oxygen atoms in total. The summed E-state index contributed by atoms with van der Waals surface area (Å²) in [5, 5.41) is 10.1. The summed E-state index contributed by atoms with van der Waals surface area (Å²) >= 11 is 0. The number of ether oxygens (including phenoxy) is 1. The van der Waals surface area contributed by atoms with E-state index in [-0.39, 0.29) is 18.0 Å². The maximum absolute atomic E-state index is 11.9. The summed E-state index contributed by atoms with van der Waals surface area (Å²) < 4.78 is 5.46. The molecule has 0 saturated heterocycles. The fraction of sp³-hybridized carbons (Fsp3) is 0.438. The van der Waals surface area contributed by atoms with E-state index in [4.69, 9.17) is 4.74 Å². The highest BCUT2D eigenvalue weighted by Gasteiger charge is 2.30. The zero-order chi connectivity index (χ0) is 14.5. The molecule has 0 aromatic heterocycles. The normalized spacial score (nSPS) is 15.4. The minimum atomic E-state index is -1.50. The smallest absolute Gasteiger partial charge is 0.189 e. The molecular formula is C16H22O3. The molecule has 0 aliphatic carbocycles. The van der Waals surface area contributed by atoms with Crippen molar-refractivity contribution in [1.29, 1.82) is 0 Å². The van der Waals surface area contributed by atoms with E-state index >= 15 is 0 Å². The molecule has 0 fully saturated rings. The van der Waals surface area contributed by atoms with Gasteiger partial charge in [-0.25, -0.2) is 0 Å². The Morgan fingerprint density at radius 3 is 2.32 bits per heavy atom. The average molecular weight is 262 g/mol. The predicted octanol–water partition coefficient (Wildman–Crippen LogP) is 2.84. The first kappa shape index (κ1) is 15.6. The van der Waals surface area contributed by atoms with Crippen LogP contribution in [-0.4, -0.2) is 28.7 Å². The van der Waals surface area contributed by atoms with Crippen LogP contribution < -0.4 is 0 Å². The summed E-state index contributed by atoms with van der Waals surface area (Å²) in [5.74, 6) is -0.361. The fourth-order valence-corrected chi connectivity index (χ4v) is 1.34. The average Bonchev–Trinajstić information content (AvgIpc) is 2.34. The van der Waals surface area contributed by atoms with Crippen LogP contribution in [0.2, 0.25) is 0 Å². The van der Waals surface area contributed by atoms with Crippen molar-refractivity contribution >= 4 is 11.9 Å². The largest absolute Gasteiger partial charge is 0.380 e. The predicted molar refractivity (Wildman–Crippen MR) is 76.8 cm³/mol. The maximum atomic E-state index is 11.9. The van der Waals surface area contributed by atoms with Crippen molar-refractivity contribution in [2.75, 3.05) is 6.61 Å². The summed E-state index contributed by atoms with van der Waals surface area (Å²) in [4.78, 5) is 11.9. The van der Waals surface area contributed by atoms with Crippen LogP contribution in [0.5, 0.6) is 0 Å². The van der Waals surface area contributed by atoms with Crippen molar-refractivity contribution in [3.05, 3.63) is 42.0 Å². The lowest BCUT2D eigenvalue weighted by Crippen LogP contribution is -2.41. The van der Waals surface area contributed by atoms with Gasteiger partial charge in [0.15, 0.2) is 5.78 Å². The van der Waals surface area contributed by atoms with Gasteiger partial charge in [0.05, 0.1) is 12.2 Å². The van der Waals surface area contributed by atoms with E-state index < -0.39 is 5.60 Å². The van der Waals surface area contributed by atoms with Gasteiger partial charge in [0.25, 0.3) is 0 Å². The van der Waals surface area contributed by atoms with Crippen molar-refractivity contribution in [2.24, 2.45) is 0 Å². The summed E-state index contributed by atoms with van der Waals surface area (Å²) in [6, 6.07) is 9.48. The van der Waals surface area contributed by atoms with Gasteiger partial charge in [-0.1, -0.05) is 36.4 Å². The summed E-state index contributed by atoms with van der Waals surface area (Å²) in [5.41, 5.74) is -0.963. The van der Waals surface area contributed by atoms with E-state index in [1.807, 2.05) is 51.1 Å². The van der Waals surface area contributed by atoms with Gasteiger partial charge >= 0.3 is 0 Å². The summed E-state index contributed by atoms with van der Waals surface area (Å²) in [7, 11) is 0. The molecule has 104 valence electrons. The van der Waals surface area contributed by atoms with Gasteiger partial charge in [-0.05, 0) is 39.3 Å². The van der Waals surface area contributed by atoms with E-state index in [1.165, 1.54) is 13.0 Å². The van der Waals surface area contributed by atoms with Crippen molar-refractivity contribution < 1.29 is 14.6 Å². The topological polar surface area (TPSA) is 46.5 Å². The Hall–Kier alpha value is -1.45. The first-order valence-corrected chi connectivity index (χ1v) is 6.35. The molecule has 0 aliphatic rings. The van der Waals surface area contributed by atoms with E-state index in [9.17, 15) is 9.90 Å². The van der Waals surface area contributed by atoms with Crippen LogP contribution in [0.3, 0.4) is 0 Å². The molecule has 1 atom stereocenters. The Balaban J connectivity index is 2.63. The van der Waals surface area contributed by atoms with Gasteiger partial charge in [-0.2, -0.15) is 0 Å². The molecular weight excluding hydrogens is 240 g/mol. The third-order valence-corrected chi connectivity index (χ3v) is 2.54. The SMILES string of the molecule is CC(C)(C)OC[C@](C)(O)C(=O)/C=C/c1ccccc1. The molecule has 0 saturated carbocycles. The van der Waals surface area contributed by atoms with Crippen LogP contribution in [0.25, 0.3) is 6.08 Å². The number of benzene rings is 1. The Bertz CT molecular complexity index is 439. The first-order valence-electron chi connectivity index (χ1n) is 6.35. The van der Waals surface area contributed by atoms with E-state index in [0.29, 0.717) is 0 Å². The van der Waals surface area contributed by atoms with Gasteiger partial charge < -0.3 is 9.84 Å². The zero-order valence-electron chi connectivity index (χ0n) is 12.0. The van der Waals surface area contributed by atoms with Crippen LogP contribution in [0.1, 0.15) is 33.3 Å². The molecule has 0 heterocycles. The third-order valence-electron chi connectivity index (χ3n) is 2.54. The Kier molecular flexibility index (Phi) is 5.04. The molecule has 0 unspecified atom stereocenters. The standard InChI is InChI=1S/C16H22O3/c1-15(2,3)19-12-16(4,18)14(17)11-10-13-8-6-5-7-9-13/h5-11,18H,12H2,1-4H3/b11-10+/t16-/m0/s1. The second-order valence-corrected chi connectivity index (χ2v) is 5.78. The van der Waals surface area contributed by atoms with Crippen molar-refractivity contribution in [1.82, 2.24) is 0 Å². The van der Waals surface area contributed by atoms with Crippen molar-refractivity contribution in [3.63, 3.8) is 0 Å². The molecule has 1 aromatic rings. The van der Waals surface area contributed by atoms with Crippen LogP contribution in [0, 0.1) is 0 Å². The first-order chi connectivity index (χ1) is 8.71. The van der Waals surface area contributed by atoms with Gasteiger partial charge in [0.2, 0.25) is 0 Å². The third kappa shape index (κ3) is 5.81. The van der Waals surface area contributed by atoms with Crippen LogP contribution >= 0.6 is 0 Å². The van der Waals surface area contributed by atoms with Crippen LogP contribution in [0.15, 0.2) is 36.4 Å². The lowest BCUT2D eigenvalue weighted by Gasteiger charge is -2.26. The Morgan fingerprint density at radius 1 is 1.21 bits per heavy atom. The molecule has 0 amide bonds. The van der Waals surface area contributed by atoms with Crippen molar-refractivity contribution in [3.8, 4) is 0 Å². The number of ketones is 1. The molecule has 1 N–H and O–H groups in total. The lowest BCUT2D eigenvalue weighted by atomic mass is 10.0. The maximum Gasteiger partial charge on any atom is 0.189 e. The fourth-order valence-electron chi connectivity index (χ4n) is 1.34. The molecule has 3 heteroatoms. The zero-order valence-corrected chi connectivity index (χ0v) is 12.0. The van der Waals surface area contributed by atoms with E-state index in [2.05, 4.69) is 0 Å². The molecule has 19 heavy (non-hydrogen) atoms. The summed E-state index contributed by atoms with van der Waals surface area (Å²) in [6.45, 7) is 7.10. The minimum Gasteiger partial charge on any atom is -0.380 e. The van der Waals surface area contributed by atoms with Crippen LogP contribution in [-0.2, 0) is 9.53 Å². The van der Waals surface area contributed by atoms with Crippen molar-refractivity contribution in [2.45, 2.75) is 38.9 Å². The Labute approximate surface area is 114 Å². The highest BCUT2D eigenvalue weighted by molar-refractivity contribution is 5.99. The minimum absolute atomic E-state index is 0.0194. The Morgan fingerprint density at radius 2 is 1.79 bits per heavy atom. The van der Waals surface area contributed by atoms with Gasteiger partial charge in [-0.15, -0.1) is 0 Å². The molecule has 0 aliphatic heterocycles. The second kappa shape index (κ2) is 6.13. The molecule has 0 bridgehead atoms. The lowest BCUT2D eigenvalue weighted by molar-refractivity contribution is -0.143. The number of rotatable bonds is 5. The number of hydrogen-bond acceptors (Lipinski definition) is 3. The van der Waals surface area contributed by atoms with Gasteiger partial charge in [-0.3, -0.25) is 4.79 Å². The number of carbonyl (C=O) groups is 1. The van der Waals surface area contributed by atoms with E-state index in [1.54, 1.807) is 6.08 Å². The quantitative estimate of drug-likeness (QED) is 0.830. The highest BCUT2D eigenvalue weighted by Crippen LogP contribution is 2.14. The van der Waals surface area contributed by atoms with E-state index in [0.717, 1.165) is 5.56 Å². The van der Waals surface area contributed by atoms with Crippen LogP contribution in [0.4, 0.5) is 0 Å².